The maximum absolute atomic E-state index is 13.3. The molecule has 10 nitrogen and oxygen atoms in total. The number of nitrogens with one attached hydrogen (secondary N) is 4. The molecule has 2 aromatic carbocycles. The number of hydrogen-bond donors (Lipinski definition) is 4. The van der Waals surface area contributed by atoms with E-state index in [-0.39, 0.29) is 19.4 Å². The molecule has 4 N–H and O–H groups in total. The van der Waals surface area contributed by atoms with E-state index in [1.165, 1.54) is 13.4 Å². The number of rotatable bonds is 10. The summed E-state index contributed by atoms with van der Waals surface area (Å²) in [5.74, 6) is -1.16. The second kappa shape index (κ2) is 11.7. The van der Waals surface area contributed by atoms with Crippen molar-refractivity contribution in [2.45, 2.75) is 31.5 Å². The lowest BCUT2D eigenvalue weighted by Crippen LogP contribution is -2.53. The number of hydrogen-bond acceptors (Lipinski definition) is 6. The Morgan fingerprint density at radius 1 is 0.944 bits per heavy atom. The van der Waals surface area contributed by atoms with E-state index in [2.05, 4.69) is 25.6 Å². The highest BCUT2D eigenvalue weighted by Crippen LogP contribution is 2.19. The van der Waals surface area contributed by atoms with Gasteiger partial charge in [0.2, 0.25) is 5.91 Å². The molecule has 4 rings (SSSR count). The van der Waals surface area contributed by atoms with Gasteiger partial charge in [-0.1, -0.05) is 48.5 Å². The van der Waals surface area contributed by atoms with Crippen molar-refractivity contribution in [1.29, 1.82) is 0 Å². The Morgan fingerprint density at radius 3 is 2.47 bits per heavy atom. The van der Waals surface area contributed by atoms with Gasteiger partial charge in [-0.15, -0.1) is 0 Å². The number of H-pyrrole nitrogens is 2. The van der Waals surface area contributed by atoms with E-state index in [4.69, 9.17) is 9.47 Å². The molecule has 0 aliphatic carbocycles. The van der Waals surface area contributed by atoms with Crippen molar-refractivity contribution >= 4 is 28.9 Å². The smallest absolute Gasteiger partial charge is 0.408 e. The topological polar surface area (TPSA) is 138 Å². The van der Waals surface area contributed by atoms with Crippen LogP contribution in [0, 0.1) is 0 Å². The average molecular weight is 490 g/mol. The number of methoxy groups -OCH3 is 1. The molecule has 0 aliphatic rings. The van der Waals surface area contributed by atoms with Gasteiger partial charge in [0.05, 0.1) is 13.4 Å². The molecule has 2 heterocycles. The lowest BCUT2D eigenvalue weighted by Gasteiger charge is -2.22. The normalized spacial score (nSPS) is 12.5. The van der Waals surface area contributed by atoms with Gasteiger partial charge in [0.15, 0.2) is 0 Å². The van der Waals surface area contributed by atoms with Gasteiger partial charge in [0.1, 0.15) is 18.7 Å². The van der Waals surface area contributed by atoms with Crippen LogP contribution in [0.5, 0.6) is 0 Å². The van der Waals surface area contributed by atoms with Gasteiger partial charge in [-0.2, -0.15) is 0 Å². The van der Waals surface area contributed by atoms with E-state index >= 15 is 0 Å². The molecule has 4 aromatic rings. The molecular formula is C26H27N5O5. The number of imidazole rings is 1. The molecule has 0 fully saturated rings. The number of fused-ring (bicyclic) bond motifs is 1. The van der Waals surface area contributed by atoms with E-state index < -0.39 is 30.1 Å². The Balaban J connectivity index is 1.46. The summed E-state index contributed by atoms with van der Waals surface area (Å²) in [5, 5.41) is 6.27. The van der Waals surface area contributed by atoms with Crippen LogP contribution in [0.3, 0.4) is 0 Å². The third-order valence-corrected chi connectivity index (χ3v) is 5.70. The minimum absolute atomic E-state index is 0.0520. The summed E-state index contributed by atoms with van der Waals surface area (Å²) < 4.78 is 10.2. The monoisotopic (exact) mass is 489 g/mol. The number of esters is 1. The van der Waals surface area contributed by atoms with Crippen molar-refractivity contribution in [3.63, 3.8) is 0 Å². The summed E-state index contributed by atoms with van der Waals surface area (Å²) in [6.07, 6.45) is 4.40. The Bertz CT molecular complexity index is 1300. The van der Waals surface area contributed by atoms with E-state index in [9.17, 15) is 14.4 Å². The van der Waals surface area contributed by atoms with Gasteiger partial charge in [-0.05, 0) is 17.2 Å². The molecule has 0 aliphatic heterocycles. The summed E-state index contributed by atoms with van der Waals surface area (Å²) in [6, 6.07) is 14.9. The van der Waals surface area contributed by atoms with Crippen molar-refractivity contribution in [3.8, 4) is 0 Å². The molecular weight excluding hydrogens is 462 g/mol. The van der Waals surface area contributed by atoms with Crippen LogP contribution in [0.1, 0.15) is 16.8 Å². The van der Waals surface area contributed by atoms with Crippen molar-refractivity contribution in [2.75, 3.05) is 7.11 Å². The van der Waals surface area contributed by atoms with Crippen LogP contribution >= 0.6 is 0 Å². The lowest BCUT2D eigenvalue weighted by molar-refractivity contribution is -0.145. The molecule has 0 radical (unpaired) electrons. The summed E-state index contributed by atoms with van der Waals surface area (Å²) >= 11 is 0. The molecule has 36 heavy (non-hydrogen) atoms. The molecule has 0 saturated heterocycles. The highest BCUT2D eigenvalue weighted by molar-refractivity contribution is 5.91. The second-order valence-corrected chi connectivity index (χ2v) is 8.19. The molecule has 0 spiro atoms. The van der Waals surface area contributed by atoms with Gasteiger partial charge in [0, 0.05) is 41.8 Å². The Kier molecular flexibility index (Phi) is 7.97. The zero-order chi connectivity index (χ0) is 25.3. The molecule has 0 saturated carbocycles. The third kappa shape index (κ3) is 6.29. The number of aromatic amines is 2. The number of carbonyl (C=O) groups excluding carboxylic acids is 3. The first kappa shape index (κ1) is 24.5. The van der Waals surface area contributed by atoms with Crippen LogP contribution in [0.2, 0.25) is 0 Å². The fraction of sp³-hybridized carbons (Fsp3) is 0.231. The molecule has 186 valence electrons. The standard InChI is InChI=1S/C26H27N5O5/c1-35-25(33)23(11-18-13-28-21-10-6-5-9-20(18)21)30-24(32)22(12-19-14-27-16-29-19)31-26(34)36-15-17-7-3-2-4-8-17/h2-10,13-14,16,22-23,28H,11-12,15H2,1H3,(H,27,29)(H,30,32)(H,31,34)/t22-,23+/m0/s1. The number of benzene rings is 2. The Morgan fingerprint density at radius 2 is 1.72 bits per heavy atom. The van der Waals surface area contributed by atoms with Crippen molar-refractivity contribution in [1.82, 2.24) is 25.6 Å². The van der Waals surface area contributed by atoms with Gasteiger partial charge >= 0.3 is 12.1 Å². The van der Waals surface area contributed by atoms with Crippen molar-refractivity contribution in [2.24, 2.45) is 0 Å². The number of aromatic nitrogens is 3. The van der Waals surface area contributed by atoms with Crippen molar-refractivity contribution in [3.05, 3.63) is 90.1 Å². The van der Waals surface area contributed by atoms with E-state index in [1.54, 1.807) is 12.4 Å². The lowest BCUT2D eigenvalue weighted by atomic mass is 10.0. The molecule has 2 amide bonds. The first-order valence-electron chi connectivity index (χ1n) is 11.4. The van der Waals surface area contributed by atoms with Gasteiger partial charge < -0.3 is 30.1 Å². The number of ether oxygens (including phenoxy) is 2. The number of nitrogens with zero attached hydrogens (tertiary/aromatic N) is 1. The first-order valence-corrected chi connectivity index (χ1v) is 11.4. The molecule has 10 heteroatoms. The second-order valence-electron chi connectivity index (χ2n) is 8.19. The average Bonchev–Trinajstić information content (AvgIpc) is 3.57. The van der Waals surface area contributed by atoms with E-state index in [0.29, 0.717) is 5.69 Å². The summed E-state index contributed by atoms with van der Waals surface area (Å²) in [5.41, 5.74) is 3.21. The summed E-state index contributed by atoms with van der Waals surface area (Å²) in [4.78, 5) is 48.4. The maximum Gasteiger partial charge on any atom is 0.408 e. The van der Waals surface area contributed by atoms with Crippen LogP contribution < -0.4 is 10.6 Å². The number of para-hydroxylation sites is 1. The fourth-order valence-electron chi connectivity index (χ4n) is 3.86. The van der Waals surface area contributed by atoms with Gasteiger partial charge in [-0.25, -0.2) is 14.6 Å². The van der Waals surface area contributed by atoms with E-state index in [1.807, 2.05) is 54.6 Å². The Hall–Kier alpha value is -4.60. The summed E-state index contributed by atoms with van der Waals surface area (Å²) in [6.45, 7) is 0.0520. The SMILES string of the molecule is COC(=O)[C@@H](Cc1c[nH]c2ccccc12)NC(=O)[C@H](Cc1cnc[nH]1)NC(=O)OCc1ccccc1. The van der Waals surface area contributed by atoms with Crippen molar-refractivity contribution < 1.29 is 23.9 Å². The van der Waals surface area contributed by atoms with Crippen LogP contribution in [0.4, 0.5) is 4.79 Å². The van der Waals surface area contributed by atoms with Crippen LogP contribution in [-0.2, 0) is 38.5 Å². The van der Waals surface area contributed by atoms with Crippen LogP contribution in [-0.4, -0.2) is 52.1 Å². The predicted molar refractivity (Wildman–Crippen MR) is 132 cm³/mol. The highest BCUT2D eigenvalue weighted by Gasteiger charge is 2.29. The van der Waals surface area contributed by atoms with Gasteiger partial charge in [-0.3, -0.25) is 4.79 Å². The molecule has 2 aromatic heterocycles. The number of amides is 2. The summed E-state index contributed by atoms with van der Waals surface area (Å²) in [7, 11) is 1.26. The zero-order valence-corrected chi connectivity index (χ0v) is 19.7. The molecule has 0 unspecified atom stereocenters. The fourth-order valence-corrected chi connectivity index (χ4v) is 3.86. The minimum atomic E-state index is -1.02. The largest absolute Gasteiger partial charge is 0.467 e. The highest BCUT2D eigenvalue weighted by atomic mass is 16.5. The molecule has 2 atom stereocenters. The molecule has 0 bridgehead atoms. The van der Waals surface area contributed by atoms with Crippen LogP contribution in [0.15, 0.2) is 73.3 Å². The minimum Gasteiger partial charge on any atom is -0.467 e. The zero-order valence-electron chi connectivity index (χ0n) is 19.7. The van der Waals surface area contributed by atoms with Gasteiger partial charge in [0.25, 0.3) is 0 Å². The van der Waals surface area contributed by atoms with Crippen LogP contribution in [0.25, 0.3) is 10.9 Å². The maximum atomic E-state index is 13.3. The number of carbonyl (C=O) groups is 3. The predicted octanol–water partition coefficient (Wildman–Crippen LogP) is 2.63. The third-order valence-electron chi connectivity index (χ3n) is 5.70. The number of alkyl carbamates (subject to hydrolysis) is 1. The quantitative estimate of drug-likeness (QED) is 0.253. The first-order chi connectivity index (χ1) is 17.5. The van der Waals surface area contributed by atoms with E-state index in [0.717, 1.165) is 22.0 Å². The Labute approximate surface area is 207 Å².